The van der Waals surface area contributed by atoms with Crippen molar-refractivity contribution in [2.45, 2.75) is 90.4 Å². The van der Waals surface area contributed by atoms with Gasteiger partial charge in [0.25, 0.3) is 0 Å². The minimum atomic E-state index is -0.942. The number of epoxide rings is 1. The van der Waals surface area contributed by atoms with E-state index < -0.39 is 5.60 Å². The van der Waals surface area contributed by atoms with Crippen LogP contribution in [0.25, 0.3) is 0 Å². The number of hydrogen-bond acceptors (Lipinski definition) is 3. The SMILES string of the molecule is CCC(C)(O)C1=C/C=C(\C)CCC2OC2(C)CC/C=C(\C)C(=O)C1. The molecule has 3 atom stereocenters. The summed E-state index contributed by atoms with van der Waals surface area (Å²) in [5.74, 6) is 0.0940. The molecule has 0 saturated carbocycles. The largest absolute Gasteiger partial charge is 0.386 e. The molecule has 0 aromatic heterocycles. The summed E-state index contributed by atoms with van der Waals surface area (Å²) in [4.78, 5) is 12.5. The zero-order chi connectivity index (χ0) is 18.0. The maximum absolute atomic E-state index is 12.5. The highest BCUT2D eigenvalue weighted by atomic mass is 16.6. The minimum absolute atomic E-state index is 0.0168. The number of ether oxygens (including phenoxy) is 1. The summed E-state index contributed by atoms with van der Waals surface area (Å²) >= 11 is 0. The van der Waals surface area contributed by atoms with E-state index in [1.165, 1.54) is 5.57 Å². The first-order valence-electron chi connectivity index (χ1n) is 9.15. The lowest BCUT2D eigenvalue weighted by molar-refractivity contribution is -0.115. The molecule has 1 aliphatic heterocycles. The zero-order valence-corrected chi connectivity index (χ0v) is 15.8. The summed E-state index contributed by atoms with van der Waals surface area (Å²) in [5, 5.41) is 10.6. The Morgan fingerprint density at radius 3 is 2.75 bits per heavy atom. The quantitative estimate of drug-likeness (QED) is 0.748. The highest BCUT2D eigenvalue weighted by Gasteiger charge is 2.50. The monoisotopic (exact) mass is 332 g/mol. The molecule has 0 radical (unpaired) electrons. The molecule has 0 aromatic carbocycles. The standard InChI is InChI=1S/C21H32O3/c1-6-20(4,23)17-11-9-15(2)10-12-19-21(5,24-19)13-7-8-16(3)18(22)14-17/h8-9,11,19,23H,6-7,10,12-14H2,1-5H3/b15-9+,16-8+,17-11?. The first kappa shape index (κ1) is 19.1. The molecule has 24 heavy (non-hydrogen) atoms. The summed E-state index contributed by atoms with van der Waals surface area (Å²) in [5.41, 5.74) is 1.88. The van der Waals surface area contributed by atoms with E-state index in [9.17, 15) is 9.90 Å². The van der Waals surface area contributed by atoms with Crippen molar-refractivity contribution in [1.82, 2.24) is 0 Å². The molecule has 0 spiro atoms. The second-order valence-corrected chi connectivity index (χ2v) is 7.82. The highest BCUT2D eigenvalue weighted by Crippen LogP contribution is 2.43. The lowest BCUT2D eigenvalue weighted by Gasteiger charge is -2.25. The van der Waals surface area contributed by atoms with E-state index in [1.54, 1.807) is 6.92 Å². The predicted molar refractivity (Wildman–Crippen MR) is 97.9 cm³/mol. The van der Waals surface area contributed by atoms with Gasteiger partial charge in [0.2, 0.25) is 0 Å². The van der Waals surface area contributed by atoms with Crippen LogP contribution in [0.4, 0.5) is 0 Å². The van der Waals surface area contributed by atoms with Gasteiger partial charge in [0, 0.05) is 6.42 Å². The summed E-state index contributed by atoms with van der Waals surface area (Å²) in [6.45, 7) is 9.89. The normalized spacial score (nSPS) is 36.2. The third kappa shape index (κ3) is 4.67. The topological polar surface area (TPSA) is 49.8 Å². The van der Waals surface area contributed by atoms with Crippen LogP contribution >= 0.6 is 0 Å². The van der Waals surface area contributed by atoms with Gasteiger partial charge in [0.15, 0.2) is 5.78 Å². The molecular formula is C21H32O3. The molecule has 3 heteroatoms. The van der Waals surface area contributed by atoms with E-state index in [2.05, 4.69) is 19.9 Å². The van der Waals surface area contributed by atoms with Gasteiger partial charge < -0.3 is 9.84 Å². The third-order valence-electron chi connectivity index (χ3n) is 5.67. The van der Waals surface area contributed by atoms with Gasteiger partial charge in [-0.05, 0) is 70.9 Å². The van der Waals surface area contributed by atoms with Crippen molar-refractivity contribution >= 4 is 5.78 Å². The van der Waals surface area contributed by atoms with Crippen LogP contribution in [-0.4, -0.2) is 28.2 Å². The summed E-state index contributed by atoms with van der Waals surface area (Å²) in [6.07, 6.45) is 11.1. The van der Waals surface area contributed by atoms with E-state index in [1.807, 2.05) is 26.0 Å². The predicted octanol–water partition coefficient (Wildman–Crippen LogP) is 4.66. The number of aliphatic hydroxyl groups is 1. The van der Waals surface area contributed by atoms with Gasteiger partial charge in [0.05, 0.1) is 17.3 Å². The van der Waals surface area contributed by atoms with Crippen molar-refractivity contribution in [3.63, 3.8) is 0 Å². The lowest BCUT2D eigenvalue weighted by Crippen LogP contribution is -2.27. The Kier molecular flexibility index (Phi) is 5.87. The average Bonchev–Trinajstić information content (AvgIpc) is 3.18. The van der Waals surface area contributed by atoms with Gasteiger partial charge in [-0.25, -0.2) is 0 Å². The Labute approximate surface area is 146 Å². The second-order valence-electron chi connectivity index (χ2n) is 7.82. The number of carbonyl (C=O) groups is 1. The van der Waals surface area contributed by atoms with E-state index in [0.717, 1.165) is 36.8 Å². The van der Waals surface area contributed by atoms with Crippen LogP contribution < -0.4 is 0 Å². The summed E-state index contributed by atoms with van der Waals surface area (Å²) in [6, 6.07) is 0. The number of fused-ring (bicyclic) bond motifs is 1. The van der Waals surface area contributed by atoms with Crippen molar-refractivity contribution in [2.75, 3.05) is 0 Å². The first-order valence-corrected chi connectivity index (χ1v) is 9.15. The van der Waals surface area contributed by atoms with Crippen LogP contribution in [0.3, 0.4) is 0 Å². The number of allylic oxidation sites excluding steroid dienone is 5. The molecule has 2 aliphatic rings. The molecule has 2 rings (SSSR count). The van der Waals surface area contributed by atoms with E-state index in [0.29, 0.717) is 12.5 Å². The van der Waals surface area contributed by atoms with Crippen molar-refractivity contribution in [3.8, 4) is 0 Å². The molecule has 134 valence electrons. The molecule has 0 amide bonds. The van der Waals surface area contributed by atoms with Crippen LogP contribution in [0.15, 0.2) is 34.9 Å². The van der Waals surface area contributed by atoms with Crippen LogP contribution in [0.1, 0.15) is 73.1 Å². The maximum Gasteiger partial charge on any atom is 0.162 e. The molecule has 0 aromatic rings. The number of carbonyl (C=O) groups excluding carboxylic acids is 1. The van der Waals surface area contributed by atoms with Gasteiger partial charge in [-0.3, -0.25) is 4.79 Å². The third-order valence-corrected chi connectivity index (χ3v) is 5.67. The minimum Gasteiger partial charge on any atom is -0.386 e. The zero-order valence-electron chi connectivity index (χ0n) is 15.8. The lowest BCUT2D eigenvalue weighted by atomic mass is 9.87. The summed E-state index contributed by atoms with van der Waals surface area (Å²) in [7, 11) is 0. The molecule has 0 bridgehead atoms. The van der Waals surface area contributed by atoms with Crippen molar-refractivity contribution < 1.29 is 14.6 Å². The van der Waals surface area contributed by atoms with Crippen molar-refractivity contribution in [1.29, 1.82) is 0 Å². The Bertz CT molecular complexity index is 580. The van der Waals surface area contributed by atoms with Crippen LogP contribution in [0.2, 0.25) is 0 Å². The van der Waals surface area contributed by atoms with E-state index in [-0.39, 0.29) is 17.8 Å². The van der Waals surface area contributed by atoms with Gasteiger partial charge in [0.1, 0.15) is 0 Å². The number of ketones is 1. The Balaban J connectivity index is 2.27. The molecule has 1 N–H and O–H groups in total. The Morgan fingerprint density at radius 1 is 1.38 bits per heavy atom. The Hall–Kier alpha value is -1.19. The van der Waals surface area contributed by atoms with Crippen LogP contribution in [0, 0.1) is 0 Å². The molecular weight excluding hydrogens is 300 g/mol. The van der Waals surface area contributed by atoms with Gasteiger partial charge in [-0.1, -0.05) is 30.7 Å². The second kappa shape index (κ2) is 7.37. The van der Waals surface area contributed by atoms with Gasteiger partial charge in [-0.15, -0.1) is 0 Å². The van der Waals surface area contributed by atoms with Crippen LogP contribution in [-0.2, 0) is 9.53 Å². The fraction of sp³-hybridized carbons (Fsp3) is 0.667. The molecule has 3 unspecified atom stereocenters. The number of Topliss-reactive ketones (excluding diaryl/α,β-unsaturated/α-hetero) is 1. The average molecular weight is 332 g/mol. The van der Waals surface area contributed by atoms with Gasteiger partial charge in [-0.2, -0.15) is 0 Å². The molecule has 1 heterocycles. The number of rotatable bonds is 2. The molecule has 1 aliphatic carbocycles. The molecule has 3 nitrogen and oxygen atoms in total. The molecule has 1 saturated heterocycles. The fourth-order valence-corrected chi connectivity index (χ4v) is 3.22. The van der Waals surface area contributed by atoms with Crippen LogP contribution in [0.5, 0.6) is 0 Å². The van der Waals surface area contributed by atoms with E-state index >= 15 is 0 Å². The smallest absolute Gasteiger partial charge is 0.162 e. The van der Waals surface area contributed by atoms with E-state index in [4.69, 9.17) is 4.74 Å². The Morgan fingerprint density at radius 2 is 2.08 bits per heavy atom. The summed E-state index contributed by atoms with van der Waals surface area (Å²) < 4.78 is 5.89. The first-order chi connectivity index (χ1) is 11.2. The van der Waals surface area contributed by atoms with Gasteiger partial charge >= 0.3 is 0 Å². The highest BCUT2D eigenvalue weighted by molar-refractivity contribution is 5.96. The molecule has 1 fully saturated rings. The fourth-order valence-electron chi connectivity index (χ4n) is 3.22. The van der Waals surface area contributed by atoms with Crippen molar-refractivity contribution in [2.24, 2.45) is 0 Å². The van der Waals surface area contributed by atoms with Crippen molar-refractivity contribution in [3.05, 3.63) is 34.9 Å². The maximum atomic E-state index is 12.5. The number of hydrogen-bond donors (Lipinski definition) is 1.